The van der Waals surface area contributed by atoms with E-state index in [4.69, 9.17) is 9.40 Å². The number of benzene rings is 1. The Morgan fingerprint density at radius 3 is 3.04 bits per heavy atom. The van der Waals surface area contributed by atoms with Crippen molar-refractivity contribution in [2.75, 3.05) is 26.2 Å². The fourth-order valence-corrected chi connectivity index (χ4v) is 4.15. The first-order valence-corrected chi connectivity index (χ1v) is 10.2. The third kappa shape index (κ3) is 3.28. The zero-order valence-electron chi connectivity index (χ0n) is 15.2. The van der Waals surface area contributed by atoms with Crippen LogP contribution in [0, 0.1) is 0 Å². The Hall–Kier alpha value is -2.42. The molecule has 28 heavy (non-hydrogen) atoms. The third-order valence-electron chi connectivity index (χ3n) is 5.18. The summed E-state index contributed by atoms with van der Waals surface area (Å²) < 4.78 is 8.41. The van der Waals surface area contributed by atoms with Crippen LogP contribution in [0.2, 0.25) is 0 Å². The minimum Gasteiger partial charge on any atom is -0.408 e. The van der Waals surface area contributed by atoms with E-state index < -0.39 is 5.76 Å². The van der Waals surface area contributed by atoms with E-state index in [1.165, 1.54) is 0 Å². The molecule has 0 saturated carbocycles. The van der Waals surface area contributed by atoms with E-state index in [0.29, 0.717) is 11.1 Å². The molecule has 144 valence electrons. The van der Waals surface area contributed by atoms with Gasteiger partial charge in [0.1, 0.15) is 5.65 Å². The number of oxazole rings is 1. The topological polar surface area (TPSA) is 78.6 Å². The zero-order valence-corrected chi connectivity index (χ0v) is 16.8. The number of imidazole rings is 1. The molecule has 7 nitrogen and oxygen atoms in total. The molecular formula is C20H20BrN5O2. The van der Waals surface area contributed by atoms with Crippen LogP contribution in [0.25, 0.3) is 28.0 Å². The summed E-state index contributed by atoms with van der Waals surface area (Å²) in [5.41, 5.74) is 5.14. The molecule has 1 fully saturated rings. The van der Waals surface area contributed by atoms with Crippen LogP contribution in [-0.2, 0) is 6.54 Å². The van der Waals surface area contributed by atoms with Crippen molar-refractivity contribution in [2.24, 2.45) is 0 Å². The molecule has 3 aromatic heterocycles. The lowest BCUT2D eigenvalue weighted by Gasteiger charge is -2.20. The van der Waals surface area contributed by atoms with Crippen LogP contribution < -0.4 is 11.1 Å². The molecular weight excluding hydrogens is 422 g/mol. The predicted octanol–water partition coefficient (Wildman–Crippen LogP) is 2.99. The standard InChI is InChI=1S/C20H20BrN5O2/c21-14-3-5-18-24-19(13-2-4-15-17(10-13)28-20(27)23-15)16(26(18)11-14)12-25-8-1-6-22-7-9-25/h2-5,10-11,22H,1,6-9,12H2,(H,23,27). The van der Waals surface area contributed by atoms with Gasteiger partial charge in [0.2, 0.25) is 0 Å². The fourth-order valence-electron chi connectivity index (χ4n) is 3.81. The van der Waals surface area contributed by atoms with Crippen LogP contribution in [0.15, 0.2) is 50.2 Å². The maximum atomic E-state index is 11.5. The molecule has 4 aromatic rings. The highest BCUT2D eigenvalue weighted by Gasteiger charge is 2.19. The molecule has 5 rings (SSSR count). The first-order chi connectivity index (χ1) is 13.7. The van der Waals surface area contributed by atoms with Crippen molar-refractivity contribution < 1.29 is 4.42 Å². The Labute approximate surface area is 169 Å². The van der Waals surface area contributed by atoms with Gasteiger partial charge in [-0.3, -0.25) is 9.88 Å². The average molecular weight is 442 g/mol. The molecule has 0 spiro atoms. The SMILES string of the molecule is O=c1[nH]c2ccc(-c3nc4ccc(Br)cn4c3CN3CCCNCC3)cc2o1. The van der Waals surface area contributed by atoms with E-state index in [-0.39, 0.29) is 0 Å². The van der Waals surface area contributed by atoms with Gasteiger partial charge in [0.25, 0.3) is 0 Å². The van der Waals surface area contributed by atoms with Crippen LogP contribution in [0.4, 0.5) is 0 Å². The summed E-state index contributed by atoms with van der Waals surface area (Å²) >= 11 is 3.58. The molecule has 0 atom stereocenters. The van der Waals surface area contributed by atoms with Gasteiger partial charge < -0.3 is 14.1 Å². The van der Waals surface area contributed by atoms with E-state index in [2.05, 4.69) is 41.7 Å². The Morgan fingerprint density at radius 2 is 2.11 bits per heavy atom. The minimum absolute atomic E-state index is 0.441. The number of hydrogen-bond donors (Lipinski definition) is 2. The van der Waals surface area contributed by atoms with E-state index in [1.807, 2.05) is 30.3 Å². The quantitative estimate of drug-likeness (QED) is 0.510. The number of fused-ring (bicyclic) bond motifs is 2. The van der Waals surface area contributed by atoms with Crippen LogP contribution in [0.3, 0.4) is 0 Å². The normalized spacial score (nSPS) is 16.0. The lowest BCUT2D eigenvalue weighted by Crippen LogP contribution is -2.28. The lowest BCUT2D eigenvalue weighted by atomic mass is 10.1. The first kappa shape index (κ1) is 17.7. The van der Waals surface area contributed by atoms with Gasteiger partial charge in [0, 0.05) is 35.9 Å². The number of halogens is 1. The highest BCUT2D eigenvalue weighted by Crippen LogP contribution is 2.29. The van der Waals surface area contributed by atoms with Gasteiger partial charge in [-0.2, -0.15) is 0 Å². The van der Waals surface area contributed by atoms with E-state index in [0.717, 1.165) is 66.2 Å². The van der Waals surface area contributed by atoms with Gasteiger partial charge >= 0.3 is 5.76 Å². The molecule has 8 heteroatoms. The van der Waals surface area contributed by atoms with Gasteiger partial charge in [0.05, 0.1) is 16.9 Å². The van der Waals surface area contributed by atoms with Gasteiger partial charge in [-0.25, -0.2) is 9.78 Å². The molecule has 4 heterocycles. The van der Waals surface area contributed by atoms with E-state index >= 15 is 0 Å². The summed E-state index contributed by atoms with van der Waals surface area (Å²) in [4.78, 5) is 21.6. The Bertz CT molecular complexity index is 1200. The molecule has 0 bridgehead atoms. The zero-order chi connectivity index (χ0) is 19.1. The van der Waals surface area contributed by atoms with Crippen LogP contribution in [0.1, 0.15) is 12.1 Å². The molecule has 1 aromatic carbocycles. The number of H-pyrrole nitrogens is 1. The smallest absolute Gasteiger partial charge is 0.408 e. The summed E-state index contributed by atoms with van der Waals surface area (Å²) in [6.45, 7) is 4.93. The molecule has 1 aliphatic rings. The first-order valence-electron chi connectivity index (χ1n) is 9.40. The number of hydrogen-bond acceptors (Lipinski definition) is 5. The van der Waals surface area contributed by atoms with Crippen molar-refractivity contribution in [1.82, 2.24) is 24.6 Å². The third-order valence-corrected chi connectivity index (χ3v) is 5.65. The van der Waals surface area contributed by atoms with Crippen molar-refractivity contribution in [3.63, 3.8) is 0 Å². The van der Waals surface area contributed by atoms with Crippen LogP contribution >= 0.6 is 15.9 Å². The molecule has 0 radical (unpaired) electrons. The van der Waals surface area contributed by atoms with Gasteiger partial charge in [-0.05, 0) is 59.7 Å². The van der Waals surface area contributed by atoms with E-state index in [9.17, 15) is 4.79 Å². The second-order valence-electron chi connectivity index (χ2n) is 7.09. The maximum absolute atomic E-state index is 11.5. The molecule has 1 aliphatic heterocycles. The molecule has 0 amide bonds. The molecule has 1 saturated heterocycles. The molecule has 0 aliphatic carbocycles. The highest BCUT2D eigenvalue weighted by atomic mass is 79.9. The summed E-state index contributed by atoms with van der Waals surface area (Å²) in [6.07, 6.45) is 3.20. The van der Waals surface area contributed by atoms with E-state index in [1.54, 1.807) is 0 Å². The summed E-state index contributed by atoms with van der Waals surface area (Å²) in [5.74, 6) is -0.441. The van der Waals surface area contributed by atoms with Gasteiger partial charge in [0.15, 0.2) is 5.58 Å². The number of aromatic nitrogens is 3. The van der Waals surface area contributed by atoms with Crippen molar-refractivity contribution in [2.45, 2.75) is 13.0 Å². The van der Waals surface area contributed by atoms with Crippen molar-refractivity contribution in [3.8, 4) is 11.3 Å². The largest absolute Gasteiger partial charge is 0.417 e. The number of aromatic amines is 1. The second-order valence-corrected chi connectivity index (χ2v) is 8.00. The summed E-state index contributed by atoms with van der Waals surface area (Å²) in [6, 6.07) is 9.75. The molecule has 0 unspecified atom stereocenters. The maximum Gasteiger partial charge on any atom is 0.417 e. The Morgan fingerprint density at radius 1 is 1.18 bits per heavy atom. The summed E-state index contributed by atoms with van der Waals surface area (Å²) in [7, 11) is 0. The van der Waals surface area contributed by atoms with Crippen molar-refractivity contribution >= 4 is 32.7 Å². The highest BCUT2D eigenvalue weighted by molar-refractivity contribution is 9.10. The van der Waals surface area contributed by atoms with Crippen LogP contribution in [0.5, 0.6) is 0 Å². The Kier molecular flexibility index (Phi) is 4.54. The van der Waals surface area contributed by atoms with Crippen molar-refractivity contribution in [3.05, 3.63) is 57.2 Å². The number of nitrogens with zero attached hydrogens (tertiary/aromatic N) is 3. The number of rotatable bonds is 3. The van der Waals surface area contributed by atoms with Crippen molar-refractivity contribution in [1.29, 1.82) is 0 Å². The predicted molar refractivity (Wildman–Crippen MR) is 111 cm³/mol. The average Bonchev–Trinajstić information content (AvgIpc) is 3.10. The van der Waals surface area contributed by atoms with Gasteiger partial charge in [-0.15, -0.1) is 0 Å². The number of pyridine rings is 1. The minimum atomic E-state index is -0.441. The van der Waals surface area contributed by atoms with Gasteiger partial charge in [-0.1, -0.05) is 6.07 Å². The lowest BCUT2D eigenvalue weighted by molar-refractivity contribution is 0.281. The monoisotopic (exact) mass is 441 g/mol. The number of nitrogens with one attached hydrogen (secondary N) is 2. The Balaban J connectivity index is 1.64. The second kappa shape index (κ2) is 7.20. The fraction of sp³-hybridized carbons (Fsp3) is 0.300. The van der Waals surface area contributed by atoms with Crippen LogP contribution in [-0.4, -0.2) is 45.4 Å². The summed E-state index contributed by atoms with van der Waals surface area (Å²) in [5, 5.41) is 3.45. The molecule has 2 N–H and O–H groups in total.